The van der Waals surface area contributed by atoms with Crippen LogP contribution in [0.3, 0.4) is 0 Å². The number of aryl methyl sites for hydroxylation is 1. The summed E-state index contributed by atoms with van der Waals surface area (Å²) in [4.78, 5) is 12.2. The Bertz CT molecular complexity index is 604. The van der Waals surface area contributed by atoms with E-state index in [1.807, 2.05) is 25.1 Å². The van der Waals surface area contributed by atoms with E-state index in [4.69, 9.17) is 5.73 Å². The predicted octanol–water partition coefficient (Wildman–Crippen LogP) is 3.33. The molecule has 19 heavy (non-hydrogen) atoms. The summed E-state index contributed by atoms with van der Waals surface area (Å²) in [5.74, 6) is -0.346. The van der Waals surface area contributed by atoms with Crippen molar-refractivity contribution in [1.29, 1.82) is 0 Å². The molecule has 7 heteroatoms. The van der Waals surface area contributed by atoms with Gasteiger partial charge >= 0.3 is 0 Å². The van der Waals surface area contributed by atoms with Gasteiger partial charge in [0.2, 0.25) is 0 Å². The number of nitrogens with one attached hydrogen (secondary N) is 2. The number of carbonyl (C=O) groups excluding carboxylic acids is 1. The number of aromatic nitrogens is 2. The van der Waals surface area contributed by atoms with Gasteiger partial charge in [0.25, 0.3) is 5.91 Å². The van der Waals surface area contributed by atoms with Gasteiger partial charge in [-0.15, -0.1) is 0 Å². The van der Waals surface area contributed by atoms with E-state index in [2.05, 4.69) is 47.4 Å². The third kappa shape index (κ3) is 2.82. The van der Waals surface area contributed by atoms with Crippen LogP contribution in [-0.2, 0) is 6.42 Å². The topological polar surface area (TPSA) is 83.8 Å². The van der Waals surface area contributed by atoms with Gasteiger partial charge in [-0.25, -0.2) is 0 Å². The highest BCUT2D eigenvalue weighted by molar-refractivity contribution is 9.11. The van der Waals surface area contributed by atoms with Crippen molar-refractivity contribution in [2.75, 3.05) is 11.1 Å². The highest BCUT2D eigenvalue weighted by Crippen LogP contribution is 2.31. The molecule has 0 atom stereocenters. The predicted molar refractivity (Wildman–Crippen MR) is 82.2 cm³/mol. The average Bonchev–Trinajstić information content (AvgIpc) is 2.75. The van der Waals surface area contributed by atoms with Crippen molar-refractivity contribution in [3.8, 4) is 0 Å². The van der Waals surface area contributed by atoms with Crippen LogP contribution in [0.1, 0.15) is 23.1 Å². The van der Waals surface area contributed by atoms with Gasteiger partial charge in [-0.1, -0.05) is 13.0 Å². The van der Waals surface area contributed by atoms with Crippen molar-refractivity contribution < 1.29 is 4.79 Å². The first kappa shape index (κ1) is 14.1. The standard InChI is InChI=1S/C12H12Br2N4O/c1-2-8-9(15)11(18-17-8)12(19)16-10-6(13)4-3-5-7(10)14/h3-5H,2,15H2,1H3,(H,16,19)(H,17,18). The molecule has 0 bridgehead atoms. The number of nitrogens with zero attached hydrogens (tertiary/aromatic N) is 1. The number of rotatable bonds is 3. The Balaban J connectivity index is 2.28. The molecule has 0 radical (unpaired) electrons. The van der Waals surface area contributed by atoms with Gasteiger partial charge in [-0.05, 0) is 50.4 Å². The van der Waals surface area contributed by atoms with Gasteiger partial charge < -0.3 is 11.1 Å². The fraction of sp³-hybridized carbons (Fsp3) is 0.167. The molecule has 0 spiro atoms. The van der Waals surface area contributed by atoms with Crippen molar-refractivity contribution in [2.45, 2.75) is 13.3 Å². The summed E-state index contributed by atoms with van der Waals surface area (Å²) in [5, 5.41) is 9.49. The SMILES string of the molecule is CCc1[nH]nc(C(=O)Nc2c(Br)cccc2Br)c1N. The molecule has 1 amide bonds. The number of nitrogens with two attached hydrogens (primary N) is 1. The molecule has 0 aliphatic rings. The molecular weight excluding hydrogens is 376 g/mol. The summed E-state index contributed by atoms with van der Waals surface area (Å²) in [7, 11) is 0. The molecule has 100 valence electrons. The van der Waals surface area contributed by atoms with E-state index >= 15 is 0 Å². The summed E-state index contributed by atoms with van der Waals surface area (Å²) in [5.41, 5.74) is 7.87. The summed E-state index contributed by atoms with van der Waals surface area (Å²) >= 11 is 6.76. The summed E-state index contributed by atoms with van der Waals surface area (Å²) < 4.78 is 1.56. The smallest absolute Gasteiger partial charge is 0.278 e. The van der Waals surface area contributed by atoms with Crippen LogP contribution in [0.4, 0.5) is 11.4 Å². The minimum atomic E-state index is -0.346. The molecule has 0 saturated carbocycles. The largest absolute Gasteiger partial charge is 0.395 e. The Morgan fingerprint density at radius 2 is 2.05 bits per heavy atom. The Kier molecular flexibility index (Phi) is 4.26. The van der Waals surface area contributed by atoms with Crippen LogP contribution < -0.4 is 11.1 Å². The highest BCUT2D eigenvalue weighted by Gasteiger charge is 2.18. The van der Waals surface area contributed by atoms with E-state index in [9.17, 15) is 4.79 Å². The number of nitrogen functional groups attached to an aromatic ring is 1. The van der Waals surface area contributed by atoms with E-state index in [1.165, 1.54) is 0 Å². The molecule has 4 N–H and O–H groups in total. The number of carbonyl (C=O) groups is 1. The van der Waals surface area contributed by atoms with Crippen LogP contribution in [-0.4, -0.2) is 16.1 Å². The number of para-hydroxylation sites is 1. The summed E-state index contributed by atoms with van der Waals surface area (Å²) in [6.07, 6.45) is 0.699. The van der Waals surface area contributed by atoms with E-state index in [-0.39, 0.29) is 11.6 Å². The summed E-state index contributed by atoms with van der Waals surface area (Å²) in [6, 6.07) is 5.54. The number of benzene rings is 1. The zero-order valence-electron chi connectivity index (χ0n) is 10.1. The molecular formula is C12H12Br2N4O. The molecule has 2 aromatic rings. The maximum Gasteiger partial charge on any atom is 0.278 e. The van der Waals surface area contributed by atoms with Gasteiger partial charge in [0, 0.05) is 8.95 Å². The van der Waals surface area contributed by atoms with Crippen LogP contribution in [0, 0.1) is 0 Å². The van der Waals surface area contributed by atoms with Crippen molar-refractivity contribution in [2.24, 2.45) is 0 Å². The van der Waals surface area contributed by atoms with Gasteiger partial charge in [0.1, 0.15) is 0 Å². The van der Waals surface area contributed by atoms with Gasteiger partial charge in [-0.3, -0.25) is 9.89 Å². The average molecular weight is 388 g/mol. The molecule has 0 aliphatic carbocycles. The van der Waals surface area contributed by atoms with Crippen LogP contribution in [0.25, 0.3) is 0 Å². The van der Waals surface area contributed by atoms with E-state index in [0.717, 1.165) is 14.6 Å². The number of halogens is 2. The lowest BCUT2D eigenvalue weighted by atomic mass is 10.2. The first-order valence-corrected chi connectivity index (χ1v) is 7.21. The number of anilines is 2. The van der Waals surface area contributed by atoms with Crippen molar-refractivity contribution in [3.63, 3.8) is 0 Å². The Hall–Kier alpha value is -1.34. The van der Waals surface area contributed by atoms with Gasteiger partial charge in [0.05, 0.1) is 17.1 Å². The van der Waals surface area contributed by atoms with Crippen LogP contribution in [0.5, 0.6) is 0 Å². The molecule has 0 unspecified atom stereocenters. The van der Waals surface area contributed by atoms with Crippen molar-refractivity contribution in [1.82, 2.24) is 10.2 Å². The fourth-order valence-electron chi connectivity index (χ4n) is 1.62. The lowest BCUT2D eigenvalue weighted by molar-refractivity contribution is 0.102. The van der Waals surface area contributed by atoms with E-state index in [1.54, 1.807) is 0 Å². The quantitative estimate of drug-likeness (QED) is 0.755. The second kappa shape index (κ2) is 5.75. The fourth-order valence-corrected chi connectivity index (χ4v) is 2.82. The Morgan fingerprint density at radius 3 is 2.58 bits per heavy atom. The monoisotopic (exact) mass is 386 g/mol. The first-order chi connectivity index (χ1) is 9.04. The molecule has 1 aromatic heterocycles. The third-order valence-electron chi connectivity index (χ3n) is 2.65. The zero-order chi connectivity index (χ0) is 14.0. The number of amides is 1. The highest BCUT2D eigenvalue weighted by atomic mass is 79.9. The molecule has 1 aromatic carbocycles. The normalized spacial score (nSPS) is 10.5. The zero-order valence-corrected chi connectivity index (χ0v) is 13.3. The minimum Gasteiger partial charge on any atom is -0.395 e. The number of hydrogen-bond donors (Lipinski definition) is 3. The lowest BCUT2D eigenvalue weighted by Gasteiger charge is -2.08. The van der Waals surface area contributed by atoms with E-state index in [0.29, 0.717) is 17.8 Å². The number of H-pyrrole nitrogens is 1. The van der Waals surface area contributed by atoms with Gasteiger partial charge in [0.15, 0.2) is 5.69 Å². The molecule has 0 saturated heterocycles. The summed E-state index contributed by atoms with van der Waals surface area (Å²) in [6.45, 7) is 1.94. The molecule has 0 aliphatic heterocycles. The van der Waals surface area contributed by atoms with Crippen LogP contribution >= 0.6 is 31.9 Å². The molecule has 1 heterocycles. The number of aromatic amines is 1. The first-order valence-electron chi connectivity index (χ1n) is 5.62. The van der Waals surface area contributed by atoms with Crippen LogP contribution in [0.15, 0.2) is 27.1 Å². The van der Waals surface area contributed by atoms with Crippen LogP contribution in [0.2, 0.25) is 0 Å². The third-order valence-corrected chi connectivity index (χ3v) is 3.97. The van der Waals surface area contributed by atoms with E-state index < -0.39 is 0 Å². The lowest BCUT2D eigenvalue weighted by Crippen LogP contribution is -2.15. The Morgan fingerprint density at radius 1 is 1.42 bits per heavy atom. The second-order valence-corrected chi connectivity index (χ2v) is 5.58. The maximum absolute atomic E-state index is 12.2. The van der Waals surface area contributed by atoms with Gasteiger partial charge in [-0.2, -0.15) is 5.10 Å². The van der Waals surface area contributed by atoms with Crippen molar-refractivity contribution in [3.05, 3.63) is 38.5 Å². The minimum absolute atomic E-state index is 0.208. The maximum atomic E-state index is 12.2. The second-order valence-electron chi connectivity index (χ2n) is 3.87. The number of hydrogen-bond acceptors (Lipinski definition) is 3. The Labute approximate surface area is 127 Å². The molecule has 2 rings (SSSR count). The molecule has 5 nitrogen and oxygen atoms in total. The van der Waals surface area contributed by atoms with Crippen molar-refractivity contribution >= 4 is 49.1 Å². The molecule has 0 fully saturated rings.